The van der Waals surface area contributed by atoms with Crippen LogP contribution in [0.1, 0.15) is 25.3 Å². The number of benzene rings is 1. The van der Waals surface area contributed by atoms with Gasteiger partial charge in [-0.05, 0) is 43.5 Å². The zero-order chi connectivity index (χ0) is 27.6. The molecule has 208 valence electrons. The first-order valence-corrected chi connectivity index (χ1v) is 12.2. The van der Waals surface area contributed by atoms with Crippen molar-refractivity contribution in [2.45, 2.75) is 62.4 Å². The van der Waals surface area contributed by atoms with E-state index in [0.717, 1.165) is 12.3 Å². The van der Waals surface area contributed by atoms with Crippen LogP contribution < -0.4 is 4.74 Å². The van der Waals surface area contributed by atoms with E-state index in [-0.39, 0.29) is 12.0 Å². The maximum Gasteiger partial charge on any atom is 0.334 e. The normalized spacial score (nSPS) is 36.7. The summed E-state index contributed by atoms with van der Waals surface area (Å²) in [5.74, 6) is -2.81. The average molecular weight is 537 g/mol. The van der Waals surface area contributed by atoms with Gasteiger partial charge in [0.1, 0.15) is 24.1 Å². The van der Waals surface area contributed by atoms with E-state index in [9.17, 15) is 35.1 Å². The highest BCUT2D eigenvalue weighted by molar-refractivity contribution is 5.87. The number of aliphatic carboxylic acids is 1. The van der Waals surface area contributed by atoms with Crippen LogP contribution in [0.15, 0.2) is 42.2 Å². The zero-order valence-electron chi connectivity index (χ0n) is 20.9. The highest BCUT2D eigenvalue weighted by atomic mass is 16.8. The SMILES string of the molecule is COc1ccc(/C=C/C(=O)O[C@H]2[C@H](O[C@@H]3OC=C(C(=O)O)[C@H]4CC[C@](C)(O)[C@@H]34)O[C@H](CO)[C@@H](O)[C@@H]2O)cc1. The molecular weight excluding hydrogens is 504 g/mol. The summed E-state index contributed by atoms with van der Waals surface area (Å²) in [6.45, 7) is 0.870. The second-order valence-electron chi connectivity index (χ2n) is 9.76. The molecule has 1 saturated heterocycles. The average Bonchev–Trinajstić information content (AvgIpc) is 3.22. The van der Waals surface area contributed by atoms with Crippen molar-refractivity contribution >= 4 is 18.0 Å². The quantitative estimate of drug-likeness (QED) is 0.225. The van der Waals surface area contributed by atoms with Crippen molar-refractivity contribution in [3.8, 4) is 5.75 Å². The molecule has 9 atom stereocenters. The van der Waals surface area contributed by atoms with Gasteiger partial charge in [0.25, 0.3) is 0 Å². The molecule has 4 rings (SSSR count). The van der Waals surface area contributed by atoms with E-state index >= 15 is 0 Å². The highest BCUT2D eigenvalue weighted by Crippen LogP contribution is 2.49. The molecule has 2 heterocycles. The summed E-state index contributed by atoms with van der Waals surface area (Å²) < 4.78 is 27.6. The topological polar surface area (TPSA) is 181 Å². The van der Waals surface area contributed by atoms with Crippen LogP contribution in [0.2, 0.25) is 0 Å². The van der Waals surface area contributed by atoms with E-state index in [1.54, 1.807) is 31.2 Å². The van der Waals surface area contributed by atoms with Crippen molar-refractivity contribution in [2.24, 2.45) is 11.8 Å². The molecule has 3 aliphatic rings. The third-order valence-electron chi connectivity index (χ3n) is 7.25. The lowest BCUT2D eigenvalue weighted by Crippen LogP contribution is -2.61. The lowest BCUT2D eigenvalue weighted by molar-refractivity contribution is -0.346. The fraction of sp³-hybridized carbons (Fsp3) is 0.538. The number of carboxylic acid groups (broad SMARTS) is 1. The van der Waals surface area contributed by atoms with Gasteiger partial charge in [-0.2, -0.15) is 0 Å². The number of esters is 1. The number of carboxylic acids is 1. The summed E-state index contributed by atoms with van der Waals surface area (Å²) in [6.07, 6.45) is -4.56. The minimum atomic E-state index is -1.70. The molecule has 1 aromatic rings. The summed E-state index contributed by atoms with van der Waals surface area (Å²) in [5, 5.41) is 51.2. The van der Waals surface area contributed by atoms with Gasteiger partial charge in [-0.15, -0.1) is 0 Å². The molecule has 2 aliphatic heterocycles. The molecule has 0 spiro atoms. The molecule has 1 saturated carbocycles. The van der Waals surface area contributed by atoms with E-state index < -0.39 is 73.0 Å². The number of aliphatic hydroxyl groups excluding tert-OH is 3. The molecule has 1 aromatic carbocycles. The number of aliphatic hydroxyl groups is 4. The minimum Gasteiger partial charge on any atom is -0.497 e. The lowest BCUT2D eigenvalue weighted by Gasteiger charge is -2.44. The van der Waals surface area contributed by atoms with Crippen LogP contribution in [0.5, 0.6) is 5.75 Å². The van der Waals surface area contributed by atoms with Crippen LogP contribution in [0.3, 0.4) is 0 Å². The molecule has 2 fully saturated rings. The Hall–Kier alpha value is -3.00. The summed E-state index contributed by atoms with van der Waals surface area (Å²) in [6, 6.07) is 6.84. The second kappa shape index (κ2) is 11.4. The number of hydrogen-bond donors (Lipinski definition) is 5. The van der Waals surface area contributed by atoms with E-state index in [4.69, 9.17) is 23.7 Å². The molecular formula is C26H32O12. The molecule has 12 heteroatoms. The van der Waals surface area contributed by atoms with Crippen LogP contribution in [0.25, 0.3) is 6.08 Å². The van der Waals surface area contributed by atoms with E-state index in [1.165, 1.54) is 13.2 Å². The third kappa shape index (κ3) is 5.70. The first kappa shape index (κ1) is 28.0. The zero-order valence-corrected chi connectivity index (χ0v) is 20.9. The number of carbonyl (C=O) groups is 2. The van der Waals surface area contributed by atoms with Gasteiger partial charge >= 0.3 is 11.9 Å². The number of methoxy groups -OCH3 is 1. The molecule has 12 nitrogen and oxygen atoms in total. The number of ether oxygens (including phenoxy) is 5. The number of carbonyl (C=O) groups excluding carboxylic acids is 1. The van der Waals surface area contributed by atoms with Crippen molar-refractivity contribution in [1.82, 2.24) is 0 Å². The Kier molecular flexibility index (Phi) is 8.40. The van der Waals surface area contributed by atoms with Crippen LogP contribution in [0, 0.1) is 11.8 Å². The Morgan fingerprint density at radius 3 is 2.50 bits per heavy atom. The van der Waals surface area contributed by atoms with Crippen LogP contribution in [-0.4, -0.2) is 93.8 Å². The van der Waals surface area contributed by atoms with E-state index in [2.05, 4.69) is 0 Å². The fourth-order valence-electron chi connectivity index (χ4n) is 5.17. The Balaban J connectivity index is 1.53. The van der Waals surface area contributed by atoms with Gasteiger partial charge in [-0.25, -0.2) is 9.59 Å². The molecule has 0 bridgehead atoms. The predicted octanol–water partition coefficient (Wildman–Crippen LogP) is 0.178. The second-order valence-corrected chi connectivity index (χ2v) is 9.76. The van der Waals surface area contributed by atoms with Crippen molar-refractivity contribution in [3.05, 3.63) is 47.7 Å². The van der Waals surface area contributed by atoms with Gasteiger partial charge in [0.2, 0.25) is 12.6 Å². The van der Waals surface area contributed by atoms with Gasteiger partial charge < -0.3 is 49.2 Å². The van der Waals surface area contributed by atoms with Gasteiger partial charge in [0.15, 0.2) is 6.10 Å². The summed E-state index contributed by atoms with van der Waals surface area (Å²) >= 11 is 0. The molecule has 38 heavy (non-hydrogen) atoms. The maximum absolute atomic E-state index is 12.6. The Morgan fingerprint density at radius 2 is 1.87 bits per heavy atom. The first-order chi connectivity index (χ1) is 18.1. The largest absolute Gasteiger partial charge is 0.497 e. The first-order valence-electron chi connectivity index (χ1n) is 12.2. The smallest absolute Gasteiger partial charge is 0.334 e. The van der Waals surface area contributed by atoms with Gasteiger partial charge in [0, 0.05) is 12.0 Å². The minimum absolute atomic E-state index is 0.00692. The summed E-state index contributed by atoms with van der Waals surface area (Å²) in [5.41, 5.74) is -0.684. The lowest BCUT2D eigenvalue weighted by atomic mass is 9.81. The number of rotatable bonds is 8. The number of fused-ring (bicyclic) bond motifs is 1. The summed E-state index contributed by atoms with van der Waals surface area (Å²) in [4.78, 5) is 24.3. The van der Waals surface area contributed by atoms with E-state index in [1.807, 2.05) is 0 Å². The van der Waals surface area contributed by atoms with Crippen molar-refractivity contribution in [1.29, 1.82) is 0 Å². The predicted molar refractivity (Wildman–Crippen MR) is 128 cm³/mol. The molecule has 5 N–H and O–H groups in total. The summed E-state index contributed by atoms with van der Waals surface area (Å²) in [7, 11) is 1.53. The highest BCUT2D eigenvalue weighted by Gasteiger charge is 2.56. The third-order valence-corrected chi connectivity index (χ3v) is 7.25. The van der Waals surface area contributed by atoms with Gasteiger partial charge in [-0.1, -0.05) is 12.1 Å². The number of hydrogen-bond acceptors (Lipinski definition) is 11. The van der Waals surface area contributed by atoms with E-state index in [0.29, 0.717) is 17.7 Å². The Bertz CT molecular complexity index is 1060. The molecule has 1 aliphatic carbocycles. The monoisotopic (exact) mass is 536 g/mol. The molecule has 0 unspecified atom stereocenters. The van der Waals surface area contributed by atoms with Crippen LogP contribution in [-0.2, 0) is 28.5 Å². The van der Waals surface area contributed by atoms with Crippen molar-refractivity contribution in [3.63, 3.8) is 0 Å². The van der Waals surface area contributed by atoms with Gasteiger partial charge in [0.05, 0.1) is 37.1 Å². The fourth-order valence-corrected chi connectivity index (χ4v) is 5.17. The van der Waals surface area contributed by atoms with Crippen molar-refractivity contribution < 1.29 is 58.8 Å². The van der Waals surface area contributed by atoms with Gasteiger partial charge in [-0.3, -0.25) is 0 Å². The van der Waals surface area contributed by atoms with Crippen LogP contribution in [0.4, 0.5) is 0 Å². The molecule has 0 amide bonds. The maximum atomic E-state index is 12.6. The van der Waals surface area contributed by atoms with Crippen molar-refractivity contribution in [2.75, 3.05) is 13.7 Å². The standard InChI is InChI=1S/C26H32O12/c1-26(33)10-9-15-16(23(31)32)12-35-24(19(15)26)38-25-22(21(30)20(29)17(11-27)36-25)37-18(28)8-5-13-3-6-14(34-2)7-4-13/h3-8,12,15,17,19-22,24-25,27,29-30,33H,9-11H2,1-2H3,(H,31,32)/b8-5+/t15-,17-,19-,20-,21+,22-,24+,25+,26+/m1/s1. The Labute approximate surface area is 218 Å². The molecule has 0 radical (unpaired) electrons. The molecule has 0 aromatic heterocycles. The van der Waals surface area contributed by atoms with Crippen LogP contribution >= 0.6 is 0 Å². The Morgan fingerprint density at radius 1 is 1.16 bits per heavy atom.